The first-order valence-electron chi connectivity index (χ1n) is 4.40. The fraction of sp³-hybridized carbons (Fsp3) is 0.600. The second-order valence-corrected chi connectivity index (χ2v) is 5.20. The van der Waals surface area contributed by atoms with E-state index in [0.717, 1.165) is 5.56 Å². The Labute approximate surface area is 83.4 Å². The lowest BCUT2D eigenvalue weighted by molar-refractivity contribution is 0.0558. The molecule has 3 heteroatoms. The molecule has 0 radical (unpaired) electrons. The minimum Gasteiger partial charge on any atom is -0.388 e. The zero-order valence-electron chi connectivity index (χ0n) is 8.37. The van der Waals surface area contributed by atoms with E-state index in [2.05, 4.69) is 0 Å². The summed E-state index contributed by atoms with van der Waals surface area (Å²) in [5, 5.41) is 12.0. The molecule has 13 heavy (non-hydrogen) atoms. The van der Waals surface area contributed by atoms with Crippen LogP contribution in [0.3, 0.4) is 0 Å². The number of aliphatic hydroxyl groups excluding tert-OH is 1. The molecule has 0 spiro atoms. The van der Waals surface area contributed by atoms with Crippen molar-refractivity contribution in [1.82, 2.24) is 0 Å². The molecule has 1 atom stereocenters. The van der Waals surface area contributed by atoms with Gasteiger partial charge in [-0.2, -0.15) is 0 Å². The summed E-state index contributed by atoms with van der Waals surface area (Å²) in [7, 11) is 0. The van der Waals surface area contributed by atoms with Crippen molar-refractivity contribution in [2.24, 2.45) is 11.1 Å². The molecule has 0 bridgehead atoms. The zero-order valence-corrected chi connectivity index (χ0v) is 9.19. The van der Waals surface area contributed by atoms with Gasteiger partial charge in [0.25, 0.3) is 0 Å². The average molecular weight is 199 g/mol. The van der Waals surface area contributed by atoms with Crippen LogP contribution < -0.4 is 5.73 Å². The van der Waals surface area contributed by atoms with Crippen LogP contribution in [0.25, 0.3) is 0 Å². The van der Waals surface area contributed by atoms with Crippen molar-refractivity contribution < 1.29 is 5.11 Å². The van der Waals surface area contributed by atoms with E-state index in [0.29, 0.717) is 6.54 Å². The Morgan fingerprint density at radius 1 is 1.62 bits per heavy atom. The van der Waals surface area contributed by atoms with E-state index in [-0.39, 0.29) is 5.41 Å². The number of aryl methyl sites for hydroxylation is 1. The molecule has 74 valence electrons. The van der Waals surface area contributed by atoms with Gasteiger partial charge in [0.2, 0.25) is 0 Å². The van der Waals surface area contributed by atoms with Gasteiger partial charge < -0.3 is 10.8 Å². The molecule has 1 aromatic rings. The molecular weight excluding hydrogens is 182 g/mol. The highest BCUT2D eigenvalue weighted by atomic mass is 32.1. The monoisotopic (exact) mass is 199 g/mol. The smallest absolute Gasteiger partial charge is 0.0861 e. The summed E-state index contributed by atoms with van der Waals surface area (Å²) in [6.45, 7) is 6.48. The SMILES string of the molecule is Cc1cc(C(O)C(C)(C)CN)cs1. The first kappa shape index (κ1) is 10.7. The van der Waals surface area contributed by atoms with E-state index in [4.69, 9.17) is 5.73 Å². The summed E-state index contributed by atoms with van der Waals surface area (Å²) in [5.74, 6) is 0. The molecule has 0 aliphatic heterocycles. The van der Waals surface area contributed by atoms with Crippen molar-refractivity contribution in [2.45, 2.75) is 26.9 Å². The van der Waals surface area contributed by atoms with Gasteiger partial charge in [-0.1, -0.05) is 13.8 Å². The third kappa shape index (κ3) is 2.30. The molecule has 0 aliphatic carbocycles. The maximum absolute atomic E-state index is 9.99. The van der Waals surface area contributed by atoms with Crippen LogP contribution in [0.4, 0.5) is 0 Å². The Kier molecular flexibility index (Phi) is 3.11. The van der Waals surface area contributed by atoms with Gasteiger partial charge in [0.05, 0.1) is 6.10 Å². The minimum absolute atomic E-state index is 0.243. The van der Waals surface area contributed by atoms with Crippen molar-refractivity contribution >= 4 is 11.3 Å². The van der Waals surface area contributed by atoms with Gasteiger partial charge in [-0.05, 0) is 23.9 Å². The fourth-order valence-electron chi connectivity index (χ4n) is 1.17. The van der Waals surface area contributed by atoms with Gasteiger partial charge in [-0.15, -0.1) is 11.3 Å². The minimum atomic E-state index is -0.456. The van der Waals surface area contributed by atoms with E-state index in [1.807, 2.05) is 32.2 Å². The maximum atomic E-state index is 9.99. The lowest BCUT2D eigenvalue weighted by Gasteiger charge is -2.28. The summed E-state index contributed by atoms with van der Waals surface area (Å²) in [6, 6.07) is 2.02. The van der Waals surface area contributed by atoms with Crippen LogP contribution in [0.15, 0.2) is 11.4 Å². The molecule has 2 nitrogen and oxygen atoms in total. The van der Waals surface area contributed by atoms with Gasteiger partial charge in [0, 0.05) is 16.8 Å². The molecule has 1 heterocycles. The number of thiophene rings is 1. The molecule has 1 unspecified atom stereocenters. The Morgan fingerprint density at radius 3 is 2.62 bits per heavy atom. The van der Waals surface area contributed by atoms with Crippen LogP contribution in [-0.4, -0.2) is 11.7 Å². The second-order valence-electron chi connectivity index (χ2n) is 4.09. The molecule has 0 aliphatic rings. The van der Waals surface area contributed by atoms with Gasteiger partial charge in [0.1, 0.15) is 0 Å². The molecule has 0 saturated heterocycles. The van der Waals surface area contributed by atoms with Crippen LogP contribution >= 0.6 is 11.3 Å². The molecule has 1 aromatic heterocycles. The maximum Gasteiger partial charge on any atom is 0.0861 e. The van der Waals surface area contributed by atoms with Crippen LogP contribution in [0.5, 0.6) is 0 Å². The number of aliphatic hydroxyl groups is 1. The van der Waals surface area contributed by atoms with E-state index in [1.54, 1.807) is 11.3 Å². The summed E-state index contributed by atoms with van der Waals surface area (Å²) >= 11 is 1.66. The lowest BCUT2D eigenvalue weighted by Crippen LogP contribution is -2.30. The highest BCUT2D eigenvalue weighted by Gasteiger charge is 2.27. The molecule has 0 aromatic carbocycles. The quantitative estimate of drug-likeness (QED) is 0.783. The summed E-state index contributed by atoms with van der Waals surface area (Å²) in [4.78, 5) is 1.22. The Hall–Kier alpha value is -0.380. The van der Waals surface area contributed by atoms with Crippen LogP contribution in [-0.2, 0) is 0 Å². The second kappa shape index (κ2) is 3.78. The normalized spacial score (nSPS) is 14.5. The van der Waals surface area contributed by atoms with Crippen molar-refractivity contribution in [3.05, 3.63) is 21.9 Å². The Morgan fingerprint density at radius 2 is 2.23 bits per heavy atom. The third-order valence-corrected chi connectivity index (χ3v) is 3.21. The molecule has 0 amide bonds. The summed E-state index contributed by atoms with van der Waals surface area (Å²) in [6.07, 6.45) is -0.456. The fourth-order valence-corrected chi connectivity index (χ4v) is 1.89. The van der Waals surface area contributed by atoms with Crippen molar-refractivity contribution in [3.8, 4) is 0 Å². The molecule has 3 N–H and O–H groups in total. The van der Waals surface area contributed by atoms with E-state index >= 15 is 0 Å². The molecular formula is C10H17NOS. The molecule has 1 rings (SSSR count). The van der Waals surface area contributed by atoms with Crippen molar-refractivity contribution in [3.63, 3.8) is 0 Å². The predicted octanol–water partition coefficient (Wildman–Crippen LogP) is 2.07. The first-order valence-corrected chi connectivity index (χ1v) is 5.28. The highest BCUT2D eigenvalue weighted by molar-refractivity contribution is 7.10. The Bertz CT molecular complexity index is 280. The van der Waals surface area contributed by atoms with E-state index in [1.165, 1.54) is 4.88 Å². The number of hydrogen-bond donors (Lipinski definition) is 2. The van der Waals surface area contributed by atoms with Crippen LogP contribution in [0, 0.1) is 12.3 Å². The van der Waals surface area contributed by atoms with Crippen molar-refractivity contribution in [1.29, 1.82) is 0 Å². The summed E-state index contributed by atoms with van der Waals surface area (Å²) < 4.78 is 0. The predicted molar refractivity (Wildman–Crippen MR) is 56.9 cm³/mol. The summed E-state index contributed by atoms with van der Waals surface area (Å²) in [5.41, 5.74) is 6.34. The van der Waals surface area contributed by atoms with Crippen LogP contribution in [0.1, 0.15) is 30.4 Å². The third-order valence-electron chi connectivity index (χ3n) is 2.33. The number of rotatable bonds is 3. The first-order chi connectivity index (χ1) is 5.97. The van der Waals surface area contributed by atoms with Crippen molar-refractivity contribution in [2.75, 3.05) is 6.54 Å². The molecule has 0 fully saturated rings. The van der Waals surface area contributed by atoms with E-state index < -0.39 is 6.10 Å². The number of hydrogen-bond acceptors (Lipinski definition) is 3. The van der Waals surface area contributed by atoms with Gasteiger partial charge >= 0.3 is 0 Å². The molecule has 0 saturated carbocycles. The largest absolute Gasteiger partial charge is 0.388 e. The lowest BCUT2D eigenvalue weighted by atomic mass is 9.84. The zero-order chi connectivity index (χ0) is 10.1. The highest BCUT2D eigenvalue weighted by Crippen LogP contribution is 2.34. The Balaban J connectivity index is 2.84. The topological polar surface area (TPSA) is 46.2 Å². The van der Waals surface area contributed by atoms with Gasteiger partial charge in [0.15, 0.2) is 0 Å². The average Bonchev–Trinajstić information content (AvgIpc) is 2.50. The van der Waals surface area contributed by atoms with Gasteiger partial charge in [-0.25, -0.2) is 0 Å². The number of nitrogens with two attached hydrogens (primary N) is 1. The standard InChI is InChI=1S/C10H17NOS/c1-7-4-8(5-13-7)9(12)10(2,3)6-11/h4-5,9,12H,6,11H2,1-3H3. The van der Waals surface area contributed by atoms with E-state index in [9.17, 15) is 5.11 Å². The van der Waals surface area contributed by atoms with Crippen LogP contribution in [0.2, 0.25) is 0 Å². The van der Waals surface area contributed by atoms with Gasteiger partial charge in [-0.3, -0.25) is 0 Å².